The van der Waals surface area contributed by atoms with Crippen LogP contribution in [0.2, 0.25) is 0 Å². The molecule has 2 nitrogen and oxygen atoms in total. The van der Waals surface area contributed by atoms with Crippen LogP contribution in [0.1, 0.15) is 18.9 Å². The summed E-state index contributed by atoms with van der Waals surface area (Å²) < 4.78 is 121. The van der Waals surface area contributed by atoms with Gasteiger partial charge in [0.05, 0.1) is 5.39 Å². The van der Waals surface area contributed by atoms with Gasteiger partial charge < -0.3 is 9.47 Å². The molecule has 194 valence electrons. The third kappa shape index (κ3) is 5.47. The van der Waals surface area contributed by atoms with E-state index in [0.717, 1.165) is 0 Å². The zero-order valence-electron chi connectivity index (χ0n) is 19.2. The Hall–Kier alpha value is -3.82. The second kappa shape index (κ2) is 10.3. The normalized spacial score (nSPS) is 11.7. The standard InChI is InChI=1S/C27H18F8O2/c1-2-3-16-10-15-6-9-19(24(31)22(15)26(33)23(16)30)14-4-7-17(8-5-14)36-13-27(34,35)37-18-11-20(28)25(32)21(29)12-18/h4-12H,2-3,13H2,1H3. The molecule has 0 aliphatic heterocycles. The van der Waals surface area contributed by atoms with Crippen LogP contribution in [0.4, 0.5) is 35.1 Å². The number of rotatable bonds is 8. The van der Waals surface area contributed by atoms with Crippen molar-refractivity contribution in [2.45, 2.75) is 25.9 Å². The molecule has 0 aliphatic rings. The van der Waals surface area contributed by atoms with Crippen LogP contribution < -0.4 is 9.47 Å². The average molecular weight is 526 g/mol. The summed E-state index contributed by atoms with van der Waals surface area (Å²) >= 11 is 0. The molecular weight excluding hydrogens is 508 g/mol. The largest absolute Gasteiger partial charge is 0.483 e. The minimum atomic E-state index is -4.04. The highest BCUT2D eigenvalue weighted by molar-refractivity contribution is 5.89. The molecule has 0 N–H and O–H groups in total. The molecule has 0 radical (unpaired) electrons. The molecule has 37 heavy (non-hydrogen) atoms. The van der Waals surface area contributed by atoms with Gasteiger partial charge in [-0.05, 0) is 41.1 Å². The van der Waals surface area contributed by atoms with Crippen LogP contribution in [0.3, 0.4) is 0 Å². The number of benzene rings is 4. The van der Waals surface area contributed by atoms with Crippen LogP contribution >= 0.6 is 0 Å². The van der Waals surface area contributed by atoms with Gasteiger partial charge in [0.2, 0.25) is 0 Å². The fraction of sp³-hybridized carbons (Fsp3) is 0.185. The lowest BCUT2D eigenvalue weighted by atomic mass is 9.97. The molecular formula is C27H18F8O2. The predicted octanol–water partition coefficient (Wildman–Crippen LogP) is 8.34. The van der Waals surface area contributed by atoms with E-state index in [2.05, 4.69) is 4.74 Å². The van der Waals surface area contributed by atoms with Crippen molar-refractivity contribution in [3.05, 3.63) is 95.1 Å². The van der Waals surface area contributed by atoms with E-state index in [1.807, 2.05) is 0 Å². The molecule has 0 spiro atoms. The number of ether oxygens (including phenoxy) is 2. The summed E-state index contributed by atoms with van der Waals surface area (Å²) in [5.41, 5.74) is 0.343. The van der Waals surface area contributed by atoms with E-state index in [4.69, 9.17) is 4.74 Å². The smallest absolute Gasteiger partial charge is 0.433 e. The first-order valence-electron chi connectivity index (χ1n) is 11.0. The number of hydrogen-bond acceptors (Lipinski definition) is 2. The maximum Gasteiger partial charge on any atom is 0.433 e. The molecule has 4 rings (SSSR count). The summed E-state index contributed by atoms with van der Waals surface area (Å²) in [6, 6.07) is 9.88. The zero-order valence-corrected chi connectivity index (χ0v) is 19.2. The van der Waals surface area contributed by atoms with E-state index in [9.17, 15) is 30.7 Å². The van der Waals surface area contributed by atoms with Gasteiger partial charge in [0.25, 0.3) is 0 Å². The fourth-order valence-electron chi connectivity index (χ4n) is 3.80. The summed E-state index contributed by atoms with van der Waals surface area (Å²) in [6.07, 6.45) is -3.17. The van der Waals surface area contributed by atoms with Gasteiger partial charge in [-0.1, -0.05) is 37.6 Å². The molecule has 0 heterocycles. The Labute approximate surface area is 206 Å². The molecule has 0 fully saturated rings. The molecule has 0 amide bonds. The number of aryl methyl sites for hydroxylation is 1. The Balaban J connectivity index is 1.51. The molecule has 0 atom stereocenters. The highest BCUT2D eigenvalue weighted by atomic mass is 19.3. The van der Waals surface area contributed by atoms with E-state index in [-0.39, 0.29) is 40.0 Å². The first-order chi connectivity index (χ1) is 17.5. The summed E-state index contributed by atoms with van der Waals surface area (Å²) in [4.78, 5) is 0. The van der Waals surface area contributed by atoms with Crippen LogP contribution in [0.15, 0.2) is 54.6 Å². The molecule has 0 bridgehead atoms. The van der Waals surface area contributed by atoms with Gasteiger partial charge in [0.1, 0.15) is 17.3 Å². The van der Waals surface area contributed by atoms with Crippen LogP contribution in [0, 0.1) is 34.9 Å². The Kier molecular flexibility index (Phi) is 7.29. The Morgan fingerprint density at radius 3 is 1.97 bits per heavy atom. The van der Waals surface area contributed by atoms with Crippen LogP contribution in [-0.2, 0) is 6.42 Å². The van der Waals surface area contributed by atoms with Crippen molar-refractivity contribution in [1.29, 1.82) is 0 Å². The van der Waals surface area contributed by atoms with Crippen molar-refractivity contribution >= 4 is 10.8 Å². The molecule has 0 unspecified atom stereocenters. The Morgan fingerprint density at radius 2 is 1.35 bits per heavy atom. The van der Waals surface area contributed by atoms with Crippen molar-refractivity contribution in [3.8, 4) is 22.6 Å². The highest BCUT2D eigenvalue weighted by Crippen LogP contribution is 2.34. The lowest BCUT2D eigenvalue weighted by Gasteiger charge is -2.19. The summed E-state index contributed by atoms with van der Waals surface area (Å²) in [6.45, 7) is 0.433. The van der Waals surface area contributed by atoms with Crippen molar-refractivity contribution < 1.29 is 44.6 Å². The van der Waals surface area contributed by atoms with Gasteiger partial charge in [-0.15, -0.1) is 0 Å². The summed E-state index contributed by atoms with van der Waals surface area (Å²) in [5.74, 6) is -9.65. The topological polar surface area (TPSA) is 18.5 Å². The third-order valence-electron chi connectivity index (χ3n) is 5.51. The molecule has 0 saturated heterocycles. The fourth-order valence-corrected chi connectivity index (χ4v) is 3.80. The van der Waals surface area contributed by atoms with Crippen molar-refractivity contribution in [1.82, 2.24) is 0 Å². The maximum atomic E-state index is 15.2. The second-order valence-electron chi connectivity index (χ2n) is 8.19. The van der Waals surface area contributed by atoms with Gasteiger partial charge in [0.15, 0.2) is 35.7 Å². The average Bonchev–Trinajstić information content (AvgIpc) is 2.85. The molecule has 4 aromatic rings. The molecule has 4 aromatic carbocycles. The minimum absolute atomic E-state index is 0.0467. The first-order valence-corrected chi connectivity index (χ1v) is 11.0. The van der Waals surface area contributed by atoms with E-state index in [0.29, 0.717) is 12.8 Å². The predicted molar refractivity (Wildman–Crippen MR) is 121 cm³/mol. The van der Waals surface area contributed by atoms with E-state index in [1.54, 1.807) is 6.92 Å². The van der Waals surface area contributed by atoms with E-state index < -0.39 is 58.8 Å². The lowest BCUT2D eigenvalue weighted by Crippen LogP contribution is -2.32. The molecule has 0 aromatic heterocycles. The summed E-state index contributed by atoms with van der Waals surface area (Å²) in [7, 11) is 0. The third-order valence-corrected chi connectivity index (χ3v) is 5.51. The quantitative estimate of drug-likeness (QED) is 0.170. The number of hydrogen-bond donors (Lipinski definition) is 0. The van der Waals surface area contributed by atoms with Crippen LogP contribution in [0.5, 0.6) is 11.5 Å². The van der Waals surface area contributed by atoms with Crippen molar-refractivity contribution in [2.75, 3.05) is 6.61 Å². The van der Waals surface area contributed by atoms with E-state index >= 15 is 4.39 Å². The number of halogens is 8. The highest BCUT2D eigenvalue weighted by Gasteiger charge is 2.34. The molecule has 0 aliphatic carbocycles. The van der Waals surface area contributed by atoms with Gasteiger partial charge >= 0.3 is 6.11 Å². The maximum absolute atomic E-state index is 15.2. The van der Waals surface area contributed by atoms with Crippen LogP contribution in [0.25, 0.3) is 21.9 Å². The SMILES string of the molecule is CCCc1cc2ccc(-c3ccc(OCC(F)(F)Oc4cc(F)c(F)c(F)c4)cc3)c(F)c2c(F)c1F. The lowest BCUT2D eigenvalue weighted by molar-refractivity contribution is -0.195. The number of fused-ring (bicyclic) bond motifs is 1. The number of alkyl halides is 2. The summed E-state index contributed by atoms with van der Waals surface area (Å²) in [5, 5.41) is -0.299. The zero-order chi connectivity index (χ0) is 26.9. The molecule has 10 heteroatoms. The van der Waals surface area contributed by atoms with Gasteiger partial charge in [0, 0.05) is 17.7 Å². The van der Waals surface area contributed by atoms with Crippen molar-refractivity contribution in [3.63, 3.8) is 0 Å². The van der Waals surface area contributed by atoms with Gasteiger partial charge in [-0.3, -0.25) is 0 Å². The second-order valence-corrected chi connectivity index (χ2v) is 8.19. The van der Waals surface area contributed by atoms with Crippen LogP contribution in [-0.4, -0.2) is 12.7 Å². The Morgan fingerprint density at radius 1 is 0.703 bits per heavy atom. The monoisotopic (exact) mass is 526 g/mol. The van der Waals surface area contributed by atoms with Gasteiger partial charge in [-0.25, -0.2) is 26.3 Å². The molecule has 0 saturated carbocycles. The van der Waals surface area contributed by atoms with Crippen molar-refractivity contribution in [2.24, 2.45) is 0 Å². The van der Waals surface area contributed by atoms with E-state index in [1.165, 1.54) is 42.5 Å². The minimum Gasteiger partial charge on any atom is -0.483 e. The first kappa shape index (κ1) is 26.2. The Bertz CT molecular complexity index is 1430. The van der Waals surface area contributed by atoms with Gasteiger partial charge in [-0.2, -0.15) is 8.78 Å².